The van der Waals surface area contributed by atoms with Crippen LogP contribution in [0.1, 0.15) is 54.7 Å². The molecule has 1 aliphatic carbocycles. The van der Waals surface area contributed by atoms with Crippen molar-refractivity contribution < 1.29 is 5.11 Å². The largest absolute Gasteiger partial charge is 0.508 e. The number of hydrogen-bond donors (Lipinski definition) is 1. The van der Waals surface area contributed by atoms with E-state index >= 15 is 0 Å². The number of aromatic hydroxyl groups is 1. The SMILES string of the molecule is [CH2]c1cc(C2CCCCC2)c(O)cc1C. The number of hydrogen-bond acceptors (Lipinski definition) is 1. The van der Waals surface area contributed by atoms with E-state index in [-0.39, 0.29) is 0 Å². The van der Waals surface area contributed by atoms with Crippen LogP contribution in [0, 0.1) is 13.8 Å². The summed E-state index contributed by atoms with van der Waals surface area (Å²) in [7, 11) is 0. The van der Waals surface area contributed by atoms with Crippen LogP contribution < -0.4 is 0 Å². The molecule has 1 radical (unpaired) electrons. The lowest BCUT2D eigenvalue weighted by atomic mass is 9.83. The van der Waals surface area contributed by atoms with Crippen LogP contribution in [0.2, 0.25) is 0 Å². The minimum Gasteiger partial charge on any atom is -0.508 e. The maximum atomic E-state index is 9.94. The Labute approximate surface area is 92.1 Å². The van der Waals surface area contributed by atoms with E-state index in [2.05, 4.69) is 13.0 Å². The smallest absolute Gasteiger partial charge is 0.119 e. The molecule has 0 amide bonds. The van der Waals surface area contributed by atoms with Gasteiger partial charge >= 0.3 is 0 Å². The van der Waals surface area contributed by atoms with Crippen molar-refractivity contribution >= 4 is 0 Å². The summed E-state index contributed by atoms with van der Waals surface area (Å²) >= 11 is 0. The summed E-state index contributed by atoms with van der Waals surface area (Å²) in [5.74, 6) is 1.02. The Morgan fingerprint density at radius 3 is 2.53 bits per heavy atom. The minimum atomic E-state index is 0.465. The lowest BCUT2D eigenvalue weighted by molar-refractivity contribution is 0.414. The monoisotopic (exact) mass is 203 g/mol. The zero-order valence-corrected chi connectivity index (χ0v) is 9.42. The third kappa shape index (κ3) is 2.17. The molecule has 1 aliphatic rings. The molecule has 15 heavy (non-hydrogen) atoms. The molecule has 0 saturated heterocycles. The third-order valence-corrected chi connectivity index (χ3v) is 3.53. The van der Waals surface area contributed by atoms with E-state index in [1.807, 2.05) is 13.0 Å². The molecule has 0 atom stereocenters. The molecule has 1 fully saturated rings. The van der Waals surface area contributed by atoms with Gasteiger partial charge in [0, 0.05) is 0 Å². The number of rotatable bonds is 1. The molecule has 0 bridgehead atoms. The molecule has 1 aromatic carbocycles. The van der Waals surface area contributed by atoms with Gasteiger partial charge in [-0.3, -0.25) is 0 Å². The molecular formula is C14H19O. The van der Waals surface area contributed by atoms with Gasteiger partial charge in [-0.05, 0) is 55.4 Å². The van der Waals surface area contributed by atoms with Crippen molar-refractivity contribution in [3.8, 4) is 5.75 Å². The average Bonchev–Trinajstić information content (AvgIpc) is 2.25. The van der Waals surface area contributed by atoms with Gasteiger partial charge in [0.2, 0.25) is 0 Å². The second kappa shape index (κ2) is 4.26. The molecule has 1 saturated carbocycles. The van der Waals surface area contributed by atoms with Crippen molar-refractivity contribution in [1.82, 2.24) is 0 Å². The fraction of sp³-hybridized carbons (Fsp3) is 0.500. The van der Waals surface area contributed by atoms with Crippen molar-refractivity contribution in [3.05, 3.63) is 35.7 Å². The average molecular weight is 203 g/mol. The van der Waals surface area contributed by atoms with Gasteiger partial charge in [-0.2, -0.15) is 0 Å². The summed E-state index contributed by atoms with van der Waals surface area (Å²) in [6, 6.07) is 3.92. The van der Waals surface area contributed by atoms with Gasteiger partial charge in [-0.1, -0.05) is 25.3 Å². The number of aryl methyl sites for hydroxylation is 1. The Morgan fingerprint density at radius 1 is 1.20 bits per heavy atom. The highest BCUT2D eigenvalue weighted by molar-refractivity contribution is 5.44. The van der Waals surface area contributed by atoms with Gasteiger partial charge in [0.15, 0.2) is 0 Å². The highest BCUT2D eigenvalue weighted by Crippen LogP contribution is 2.38. The van der Waals surface area contributed by atoms with Crippen LogP contribution in [0.4, 0.5) is 0 Å². The summed E-state index contributed by atoms with van der Waals surface area (Å²) in [6.45, 7) is 6.00. The quantitative estimate of drug-likeness (QED) is 0.733. The topological polar surface area (TPSA) is 20.2 Å². The highest BCUT2D eigenvalue weighted by Gasteiger charge is 2.18. The lowest BCUT2D eigenvalue weighted by Crippen LogP contribution is -2.05. The van der Waals surface area contributed by atoms with E-state index in [4.69, 9.17) is 0 Å². The number of phenolic OH excluding ortho intramolecular Hbond substituents is 1. The first-order chi connectivity index (χ1) is 7.18. The Morgan fingerprint density at radius 2 is 1.87 bits per heavy atom. The molecule has 0 heterocycles. The van der Waals surface area contributed by atoms with E-state index in [9.17, 15) is 5.11 Å². The predicted molar refractivity (Wildman–Crippen MR) is 63.1 cm³/mol. The highest BCUT2D eigenvalue weighted by atomic mass is 16.3. The Balaban J connectivity index is 2.30. The summed E-state index contributed by atoms with van der Waals surface area (Å²) in [6.07, 6.45) is 6.38. The van der Waals surface area contributed by atoms with Crippen LogP contribution in [0.25, 0.3) is 0 Å². The molecule has 0 unspecified atom stereocenters. The van der Waals surface area contributed by atoms with E-state index in [1.54, 1.807) is 0 Å². The third-order valence-electron chi connectivity index (χ3n) is 3.53. The van der Waals surface area contributed by atoms with Crippen LogP contribution in [0.5, 0.6) is 5.75 Å². The normalized spacial score (nSPS) is 18.0. The predicted octanol–water partition coefficient (Wildman–Crippen LogP) is 3.93. The zero-order valence-electron chi connectivity index (χ0n) is 9.42. The Hall–Kier alpha value is -0.980. The summed E-state index contributed by atoms with van der Waals surface area (Å²) in [4.78, 5) is 0. The molecule has 1 nitrogen and oxygen atoms in total. The number of phenols is 1. The molecule has 0 spiro atoms. The van der Waals surface area contributed by atoms with Crippen molar-refractivity contribution in [2.75, 3.05) is 0 Å². The molecule has 1 heteroatoms. The maximum Gasteiger partial charge on any atom is 0.119 e. The molecule has 2 rings (SSSR count). The van der Waals surface area contributed by atoms with Crippen LogP contribution in [0.3, 0.4) is 0 Å². The first kappa shape index (κ1) is 10.5. The molecule has 0 aromatic heterocycles. The second-order valence-corrected chi connectivity index (χ2v) is 4.67. The molecule has 81 valence electrons. The fourth-order valence-corrected chi connectivity index (χ4v) is 2.50. The van der Waals surface area contributed by atoms with Gasteiger partial charge in [0.05, 0.1) is 0 Å². The number of benzene rings is 1. The first-order valence-electron chi connectivity index (χ1n) is 5.84. The van der Waals surface area contributed by atoms with Crippen molar-refractivity contribution in [2.24, 2.45) is 0 Å². The van der Waals surface area contributed by atoms with Crippen LogP contribution in [-0.2, 0) is 0 Å². The van der Waals surface area contributed by atoms with E-state index in [0.717, 1.165) is 16.7 Å². The standard InChI is InChI=1S/C14H19O/c1-10-8-13(14(15)9-11(10)2)12-6-4-3-5-7-12/h8-9,12,15H,1,3-7H2,2H3. The van der Waals surface area contributed by atoms with E-state index in [0.29, 0.717) is 11.7 Å². The zero-order chi connectivity index (χ0) is 10.8. The van der Waals surface area contributed by atoms with Gasteiger partial charge in [-0.15, -0.1) is 0 Å². The van der Waals surface area contributed by atoms with E-state index < -0.39 is 0 Å². The molecular weight excluding hydrogens is 184 g/mol. The van der Waals surface area contributed by atoms with Crippen molar-refractivity contribution in [1.29, 1.82) is 0 Å². The summed E-state index contributed by atoms with van der Waals surface area (Å²) < 4.78 is 0. The first-order valence-corrected chi connectivity index (χ1v) is 5.84. The van der Waals surface area contributed by atoms with Crippen LogP contribution in [0.15, 0.2) is 12.1 Å². The molecule has 1 aromatic rings. The van der Waals surface area contributed by atoms with Gasteiger partial charge in [0.25, 0.3) is 0 Å². The molecule has 1 N–H and O–H groups in total. The van der Waals surface area contributed by atoms with Crippen LogP contribution >= 0.6 is 0 Å². The second-order valence-electron chi connectivity index (χ2n) is 4.67. The van der Waals surface area contributed by atoms with E-state index in [1.165, 1.54) is 32.1 Å². The van der Waals surface area contributed by atoms with Crippen LogP contribution in [-0.4, -0.2) is 5.11 Å². The van der Waals surface area contributed by atoms with Crippen molar-refractivity contribution in [3.63, 3.8) is 0 Å². The lowest BCUT2D eigenvalue weighted by Gasteiger charge is -2.23. The maximum absolute atomic E-state index is 9.94. The van der Waals surface area contributed by atoms with Gasteiger partial charge in [0.1, 0.15) is 5.75 Å². The fourth-order valence-electron chi connectivity index (χ4n) is 2.50. The summed E-state index contributed by atoms with van der Waals surface area (Å²) in [5, 5.41) is 9.94. The minimum absolute atomic E-state index is 0.465. The Bertz CT molecular complexity index is 349. The van der Waals surface area contributed by atoms with Crippen molar-refractivity contribution in [2.45, 2.75) is 44.9 Å². The summed E-state index contributed by atoms with van der Waals surface area (Å²) in [5.41, 5.74) is 3.24. The Kier molecular flexibility index (Phi) is 2.99. The molecule has 0 aliphatic heterocycles. The van der Waals surface area contributed by atoms with Gasteiger partial charge in [-0.25, -0.2) is 0 Å². The van der Waals surface area contributed by atoms with Gasteiger partial charge < -0.3 is 5.11 Å².